The van der Waals surface area contributed by atoms with Gasteiger partial charge >= 0.3 is 5.97 Å². The Morgan fingerprint density at radius 3 is 2.35 bits per heavy atom. The van der Waals surface area contributed by atoms with Gasteiger partial charge in [0.2, 0.25) is 0 Å². The fourth-order valence-electron chi connectivity index (χ4n) is 3.70. The minimum Gasteiger partial charge on any atom is -0.453 e. The number of aromatic nitrogens is 2. The van der Waals surface area contributed by atoms with Gasteiger partial charge in [-0.3, -0.25) is 4.79 Å². The number of hydrogen-bond donors (Lipinski definition) is 0. The molecule has 2 heterocycles. The number of thiophene rings is 1. The van der Waals surface area contributed by atoms with E-state index in [0.29, 0.717) is 15.5 Å². The van der Waals surface area contributed by atoms with Crippen LogP contribution in [0.2, 0.25) is 5.02 Å². The molecule has 5 aromatic rings. The maximum Gasteiger partial charge on any atom is 0.348 e. The number of ether oxygens (including phenoxy) is 1. The van der Waals surface area contributed by atoms with E-state index in [0.717, 1.165) is 32.7 Å². The van der Waals surface area contributed by atoms with Gasteiger partial charge in [-0.2, -0.15) is 5.10 Å². The van der Waals surface area contributed by atoms with Crippen LogP contribution in [0.4, 0.5) is 0 Å². The molecule has 0 atom stereocenters. The topological polar surface area (TPSA) is 61.2 Å². The van der Waals surface area contributed by atoms with Crippen LogP contribution < -0.4 is 0 Å². The first-order valence-electron chi connectivity index (χ1n) is 10.6. The SMILES string of the molecule is Cc1nn(-c2ccccc2Cl)c2sc(C(=O)OCC(=O)c3ccc(-c4ccccc4)cc3)cc12. The molecule has 3 aromatic carbocycles. The van der Waals surface area contributed by atoms with Gasteiger partial charge in [-0.1, -0.05) is 78.3 Å². The second-order valence-corrected chi connectivity index (χ2v) is 9.16. The number of carbonyl (C=O) groups is 2. The van der Waals surface area contributed by atoms with E-state index in [1.165, 1.54) is 11.3 Å². The summed E-state index contributed by atoms with van der Waals surface area (Å²) in [7, 11) is 0. The molecule has 0 bridgehead atoms. The third-order valence-electron chi connectivity index (χ3n) is 5.47. The number of Topliss-reactive ketones (excluding diaryl/α,β-unsaturated/α-hetero) is 1. The Bertz CT molecular complexity index is 1500. The van der Waals surface area contributed by atoms with Gasteiger partial charge < -0.3 is 4.74 Å². The van der Waals surface area contributed by atoms with Crippen molar-refractivity contribution in [3.63, 3.8) is 0 Å². The molecule has 0 spiro atoms. The van der Waals surface area contributed by atoms with E-state index in [1.54, 1.807) is 28.9 Å². The summed E-state index contributed by atoms with van der Waals surface area (Å²) in [6.45, 7) is 1.55. The van der Waals surface area contributed by atoms with Crippen LogP contribution in [-0.4, -0.2) is 28.1 Å². The van der Waals surface area contributed by atoms with E-state index in [2.05, 4.69) is 5.10 Å². The Hall–Kier alpha value is -3.74. The molecule has 34 heavy (non-hydrogen) atoms. The van der Waals surface area contributed by atoms with E-state index in [-0.39, 0.29) is 12.4 Å². The predicted octanol–water partition coefficient (Wildman–Crippen LogP) is 6.76. The maximum absolute atomic E-state index is 12.7. The van der Waals surface area contributed by atoms with E-state index >= 15 is 0 Å². The molecule has 0 fully saturated rings. The van der Waals surface area contributed by atoms with Crippen LogP contribution in [0.25, 0.3) is 27.0 Å². The Morgan fingerprint density at radius 1 is 0.941 bits per heavy atom. The van der Waals surface area contributed by atoms with Crippen molar-refractivity contribution in [2.45, 2.75) is 6.92 Å². The molecule has 0 aliphatic carbocycles. The number of halogens is 1. The number of hydrogen-bond acceptors (Lipinski definition) is 5. The number of ketones is 1. The minimum absolute atomic E-state index is 0.257. The fraction of sp³-hybridized carbons (Fsp3) is 0.0741. The highest BCUT2D eigenvalue weighted by molar-refractivity contribution is 7.20. The molecule has 0 aliphatic rings. The largest absolute Gasteiger partial charge is 0.453 e. The van der Waals surface area contributed by atoms with E-state index in [9.17, 15) is 9.59 Å². The maximum atomic E-state index is 12.7. The Labute approximate surface area is 205 Å². The summed E-state index contributed by atoms with van der Waals surface area (Å²) in [6.07, 6.45) is 0. The summed E-state index contributed by atoms with van der Waals surface area (Å²) in [4.78, 5) is 26.5. The summed E-state index contributed by atoms with van der Waals surface area (Å²) in [5.74, 6) is -0.798. The molecule has 0 amide bonds. The average molecular weight is 487 g/mol. The molecule has 5 nitrogen and oxygen atoms in total. The molecule has 0 aliphatic heterocycles. The lowest BCUT2D eigenvalue weighted by atomic mass is 10.0. The molecule has 0 N–H and O–H groups in total. The van der Waals surface area contributed by atoms with Crippen LogP contribution in [0.15, 0.2) is 84.9 Å². The second-order valence-electron chi connectivity index (χ2n) is 7.72. The normalized spacial score (nSPS) is 11.0. The summed E-state index contributed by atoms with van der Waals surface area (Å²) in [6, 6.07) is 26.3. The zero-order valence-corrected chi connectivity index (χ0v) is 19.8. The number of esters is 1. The van der Waals surface area contributed by atoms with Crippen molar-refractivity contribution >= 4 is 44.9 Å². The van der Waals surface area contributed by atoms with E-state index in [4.69, 9.17) is 16.3 Å². The van der Waals surface area contributed by atoms with Gasteiger partial charge in [-0.15, -0.1) is 11.3 Å². The summed E-state index contributed by atoms with van der Waals surface area (Å²) in [5, 5.41) is 5.97. The lowest BCUT2D eigenvalue weighted by Gasteiger charge is -2.06. The van der Waals surface area contributed by atoms with Gasteiger partial charge in [-0.25, -0.2) is 9.48 Å². The molecular weight excluding hydrogens is 468 g/mol. The lowest BCUT2D eigenvalue weighted by Crippen LogP contribution is -2.13. The van der Waals surface area contributed by atoms with Crippen LogP contribution in [0, 0.1) is 6.92 Å². The zero-order chi connectivity index (χ0) is 23.7. The lowest BCUT2D eigenvalue weighted by molar-refractivity contribution is 0.0479. The molecule has 5 rings (SSSR count). The monoisotopic (exact) mass is 486 g/mol. The number of para-hydroxylation sites is 1. The standard InChI is InChI=1S/C27H19ClN2O3S/c1-17-21-15-25(34-26(21)30(29-17)23-10-6-5-9-22(23)28)27(32)33-16-24(31)20-13-11-19(12-14-20)18-7-3-2-4-8-18/h2-15H,16H2,1H3. The number of nitrogens with zero attached hydrogens (tertiary/aromatic N) is 2. The molecule has 0 saturated heterocycles. The Balaban J connectivity index is 1.30. The van der Waals surface area contributed by atoms with Crippen molar-refractivity contribution < 1.29 is 14.3 Å². The number of aryl methyl sites for hydroxylation is 1. The van der Waals surface area contributed by atoms with Crippen LogP contribution in [0.5, 0.6) is 0 Å². The third-order valence-corrected chi connectivity index (χ3v) is 6.89. The molecule has 7 heteroatoms. The first kappa shape index (κ1) is 22.1. The van der Waals surface area contributed by atoms with Crippen molar-refractivity contribution in [2.24, 2.45) is 0 Å². The first-order valence-corrected chi connectivity index (χ1v) is 11.8. The Kier molecular flexibility index (Phi) is 6.01. The van der Waals surface area contributed by atoms with E-state index < -0.39 is 5.97 Å². The number of fused-ring (bicyclic) bond motifs is 1. The van der Waals surface area contributed by atoms with Crippen LogP contribution in [0.3, 0.4) is 0 Å². The van der Waals surface area contributed by atoms with Crippen LogP contribution in [0.1, 0.15) is 25.7 Å². The molecule has 168 valence electrons. The summed E-state index contributed by atoms with van der Waals surface area (Å²) in [5.41, 5.74) is 4.10. The summed E-state index contributed by atoms with van der Waals surface area (Å²) >= 11 is 7.60. The van der Waals surface area contributed by atoms with Crippen LogP contribution in [-0.2, 0) is 4.74 Å². The van der Waals surface area contributed by atoms with E-state index in [1.807, 2.05) is 67.6 Å². The van der Waals surface area contributed by atoms with Gasteiger partial charge in [0.1, 0.15) is 9.71 Å². The van der Waals surface area contributed by atoms with Crippen LogP contribution >= 0.6 is 22.9 Å². The first-order chi connectivity index (χ1) is 16.5. The second kappa shape index (κ2) is 9.25. The van der Waals surface area contributed by atoms with Gasteiger partial charge in [0.05, 0.1) is 16.4 Å². The average Bonchev–Trinajstić information content (AvgIpc) is 3.44. The van der Waals surface area contributed by atoms with Crippen molar-refractivity contribution in [3.05, 3.63) is 106 Å². The Morgan fingerprint density at radius 2 is 1.62 bits per heavy atom. The van der Waals surface area contributed by atoms with Crippen molar-refractivity contribution in [1.82, 2.24) is 9.78 Å². The van der Waals surface area contributed by atoms with Gasteiger partial charge in [0.25, 0.3) is 0 Å². The fourth-order valence-corrected chi connectivity index (χ4v) is 4.98. The molecular formula is C27H19ClN2O3S. The number of benzene rings is 3. The molecule has 0 saturated carbocycles. The highest BCUT2D eigenvalue weighted by Crippen LogP contribution is 2.32. The van der Waals surface area contributed by atoms with Crippen molar-refractivity contribution in [1.29, 1.82) is 0 Å². The van der Waals surface area contributed by atoms with Crippen molar-refractivity contribution in [3.8, 4) is 16.8 Å². The number of rotatable bonds is 6. The highest BCUT2D eigenvalue weighted by Gasteiger charge is 2.20. The molecule has 0 radical (unpaired) electrons. The quantitative estimate of drug-likeness (QED) is 0.196. The van der Waals surface area contributed by atoms with Crippen molar-refractivity contribution in [2.75, 3.05) is 6.61 Å². The number of carbonyl (C=O) groups excluding carboxylic acids is 2. The predicted molar refractivity (Wildman–Crippen MR) is 135 cm³/mol. The minimum atomic E-state index is -0.541. The third kappa shape index (κ3) is 4.25. The molecule has 0 unspecified atom stereocenters. The van der Waals surface area contributed by atoms with Gasteiger partial charge in [-0.05, 0) is 36.2 Å². The summed E-state index contributed by atoms with van der Waals surface area (Å²) < 4.78 is 7.06. The van der Waals surface area contributed by atoms with Gasteiger partial charge in [0, 0.05) is 10.9 Å². The molecule has 2 aromatic heterocycles. The highest BCUT2D eigenvalue weighted by atomic mass is 35.5. The smallest absolute Gasteiger partial charge is 0.348 e. The van der Waals surface area contributed by atoms with Gasteiger partial charge in [0.15, 0.2) is 12.4 Å². The zero-order valence-electron chi connectivity index (χ0n) is 18.2.